The van der Waals surface area contributed by atoms with Crippen molar-refractivity contribution in [3.63, 3.8) is 0 Å². The predicted octanol–water partition coefficient (Wildman–Crippen LogP) is 4.25. The number of rotatable bonds is 9. The quantitative estimate of drug-likeness (QED) is 0.278. The van der Waals surface area contributed by atoms with Crippen molar-refractivity contribution < 1.29 is 28.9 Å². The van der Waals surface area contributed by atoms with Crippen LogP contribution in [0.4, 0.5) is 0 Å². The van der Waals surface area contributed by atoms with Gasteiger partial charge in [0.05, 0.1) is 44.0 Å². The molecule has 0 aromatic carbocycles. The van der Waals surface area contributed by atoms with Crippen LogP contribution in [0.1, 0.15) is 73.1 Å². The molecule has 202 valence electrons. The molecule has 7 heteroatoms. The van der Waals surface area contributed by atoms with Crippen molar-refractivity contribution in [2.45, 2.75) is 110 Å². The SMILES string of the molecule is COC(=O)C[C@@H]1CC2(CC2)[C@H](O)[C@@H](/C=C/C(C)=C/C[C@@H]2O[C@H](C)[C@H](NC(=O)/C=C\C(C)C)C[C@@H]2C)O1. The Labute approximate surface area is 216 Å². The standard InChI is InChI=1S/C29H45NO6/c1-18(2)7-12-26(31)30-23-15-20(4)24(35-21(23)5)10-8-19(3)9-11-25-28(33)29(13-14-29)17-22(36-25)16-27(32)34-6/h7-9,11-12,18,20-25,28,33H,10,13-17H2,1-6H3,(H,30,31)/b11-9+,12-7-,19-8+/t20-,21+,22+,23+,24-,25+,28+/m0/s1. The van der Waals surface area contributed by atoms with Gasteiger partial charge in [-0.25, -0.2) is 0 Å². The van der Waals surface area contributed by atoms with Crippen LogP contribution in [-0.4, -0.2) is 60.7 Å². The first kappa shape index (κ1) is 28.6. The van der Waals surface area contributed by atoms with Crippen molar-refractivity contribution in [3.05, 3.63) is 36.0 Å². The predicted molar refractivity (Wildman–Crippen MR) is 139 cm³/mol. The van der Waals surface area contributed by atoms with Crippen LogP contribution in [0.25, 0.3) is 0 Å². The maximum Gasteiger partial charge on any atom is 0.308 e. The molecule has 0 bridgehead atoms. The number of amides is 1. The van der Waals surface area contributed by atoms with Crippen molar-refractivity contribution in [3.8, 4) is 0 Å². The van der Waals surface area contributed by atoms with Gasteiger partial charge in [-0.1, -0.05) is 50.6 Å². The van der Waals surface area contributed by atoms with Crippen LogP contribution in [0, 0.1) is 17.3 Å². The largest absolute Gasteiger partial charge is 0.469 e. The average molecular weight is 504 g/mol. The highest BCUT2D eigenvalue weighted by Crippen LogP contribution is 2.56. The number of carbonyl (C=O) groups is 2. The van der Waals surface area contributed by atoms with E-state index >= 15 is 0 Å². The summed E-state index contributed by atoms with van der Waals surface area (Å²) in [5.74, 6) is 0.304. The molecule has 1 spiro atoms. The molecule has 0 aromatic heterocycles. The Morgan fingerprint density at radius 3 is 2.56 bits per heavy atom. The second kappa shape index (κ2) is 12.5. The summed E-state index contributed by atoms with van der Waals surface area (Å²) in [6, 6.07) is 0.00292. The molecule has 1 amide bonds. The number of ether oxygens (including phenoxy) is 3. The Morgan fingerprint density at radius 2 is 1.92 bits per heavy atom. The first-order valence-corrected chi connectivity index (χ1v) is 13.4. The van der Waals surface area contributed by atoms with E-state index in [1.807, 2.05) is 45.9 Å². The van der Waals surface area contributed by atoms with E-state index in [1.54, 1.807) is 6.08 Å². The highest BCUT2D eigenvalue weighted by molar-refractivity contribution is 5.87. The summed E-state index contributed by atoms with van der Waals surface area (Å²) in [6.45, 7) is 10.3. The lowest BCUT2D eigenvalue weighted by molar-refractivity contribution is -0.158. The van der Waals surface area contributed by atoms with Crippen molar-refractivity contribution in [1.82, 2.24) is 5.32 Å². The van der Waals surface area contributed by atoms with Crippen LogP contribution in [-0.2, 0) is 23.8 Å². The summed E-state index contributed by atoms with van der Waals surface area (Å²) in [5.41, 5.74) is 0.949. The third-order valence-electron chi connectivity index (χ3n) is 7.83. The lowest BCUT2D eigenvalue weighted by atomic mass is 9.84. The van der Waals surface area contributed by atoms with Gasteiger partial charge in [0.2, 0.25) is 5.91 Å². The first-order valence-electron chi connectivity index (χ1n) is 13.4. The van der Waals surface area contributed by atoms with Crippen molar-refractivity contribution in [2.75, 3.05) is 7.11 Å². The van der Waals surface area contributed by atoms with Gasteiger partial charge in [-0.2, -0.15) is 0 Å². The number of allylic oxidation sites excluding steroid dienone is 3. The van der Waals surface area contributed by atoms with Gasteiger partial charge in [-0.05, 0) is 63.9 Å². The zero-order chi connectivity index (χ0) is 26.5. The maximum absolute atomic E-state index is 12.2. The fourth-order valence-corrected chi connectivity index (χ4v) is 5.31. The van der Waals surface area contributed by atoms with Gasteiger partial charge in [0.1, 0.15) is 6.10 Å². The van der Waals surface area contributed by atoms with Gasteiger partial charge in [-0.3, -0.25) is 9.59 Å². The minimum atomic E-state index is -0.555. The number of carbonyl (C=O) groups excluding carboxylic acids is 2. The molecule has 0 aromatic rings. The van der Waals surface area contributed by atoms with Crippen molar-refractivity contribution in [1.29, 1.82) is 0 Å². The monoisotopic (exact) mass is 503 g/mol. The molecule has 2 heterocycles. The molecule has 7 nitrogen and oxygen atoms in total. The van der Waals surface area contributed by atoms with E-state index in [2.05, 4.69) is 18.3 Å². The lowest BCUT2D eigenvalue weighted by Crippen LogP contribution is -2.50. The zero-order valence-corrected chi connectivity index (χ0v) is 22.7. The van der Waals surface area contributed by atoms with Crippen LogP contribution in [0.2, 0.25) is 0 Å². The van der Waals surface area contributed by atoms with Crippen LogP contribution in [0.3, 0.4) is 0 Å². The van der Waals surface area contributed by atoms with E-state index in [-0.39, 0.29) is 48.1 Å². The Bertz CT molecular complexity index is 858. The summed E-state index contributed by atoms with van der Waals surface area (Å²) in [6.07, 6.45) is 12.9. The van der Waals surface area contributed by atoms with Crippen molar-refractivity contribution >= 4 is 11.9 Å². The van der Waals surface area contributed by atoms with E-state index < -0.39 is 12.2 Å². The van der Waals surface area contributed by atoms with Gasteiger partial charge in [0.25, 0.3) is 0 Å². The van der Waals surface area contributed by atoms with Crippen LogP contribution < -0.4 is 5.32 Å². The minimum absolute atomic E-state index is 0.00292. The highest BCUT2D eigenvalue weighted by Gasteiger charge is 2.56. The summed E-state index contributed by atoms with van der Waals surface area (Å²) in [4.78, 5) is 24.0. The number of hydrogen-bond donors (Lipinski definition) is 2. The second-order valence-corrected chi connectivity index (χ2v) is 11.4. The van der Waals surface area contributed by atoms with Gasteiger partial charge in [0.15, 0.2) is 0 Å². The Hall–Kier alpha value is -1.96. The molecule has 1 saturated carbocycles. The molecule has 1 aliphatic carbocycles. The molecule has 36 heavy (non-hydrogen) atoms. The van der Waals surface area contributed by atoms with Gasteiger partial charge in [0, 0.05) is 5.41 Å². The third-order valence-corrected chi connectivity index (χ3v) is 7.83. The molecule has 0 radical (unpaired) electrons. The summed E-state index contributed by atoms with van der Waals surface area (Å²) in [5, 5.41) is 13.9. The fourth-order valence-electron chi connectivity index (χ4n) is 5.31. The number of aliphatic hydroxyl groups is 1. The third kappa shape index (κ3) is 7.77. The summed E-state index contributed by atoms with van der Waals surface area (Å²) in [7, 11) is 1.39. The fraction of sp³-hybridized carbons (Fsp3) is 0.724. The summed E-state index contributed by atoms with van der Waals surface area (Å²) >= 11 is 0. The van der Waals surface area contributed by atoms with E-state index in [0.717, 1.165) is 31.3 Å². The molecule has 3 aliphatic rings. The number of hydrogen-bond acceptors (Lipinski definition) is 6. The number of aliphatic hydroxyl groups excluding tert-OH is 1. The maximum atomic E-state index is 12.2. The molecule has 3 fully saturated rings. The molecule has 0 unspecified atom stereocenters. The van der Waals surface area contributed by atoms with E-state index in [9.17, 15) is 14.7 Å². The van der Waals surface area contributed by atoms with E-state index in [1.165, 1.54) is 7.11 Å². The average Bonchev–Trinajstić information content (AvgIpc) is 3.60. The highest BCUT2D eigenvalue weighted by atomic mass is 16.5. The van der Waals surface area contributed by atoms with Crippen LogP contribution >= 0.6 is 0 Å². The minimum Gasteiger partial charge on any atom is -0.469 e. The van der Waals surface area contributed by atoms with Crippen LogP contribution in [0.5, 0.6) is 0 Å². The molecule has 2 N–H and O–H groups in total. The van der Waals surface area contributed by atoms with Crippen molar-refractivity contribution in [2.24, 2.45) is 17.3 Å². The molecule has 2 aliphatic heterocycles. The Balaban J connectivity index is 1.52. The molecular weight excluding hydrogens is 458 g/mol. The normalized spacial score (nSPS) is 34.4. The smallest absolute Gasteiger partial charge is 0.308 e. The molecule has 3 rings (SSSR count). The van der Waals surface area contributed by atoms with Gasteiger partial charge < -0.3 is 24.6 Å². The zero-order valence-electron chi connectivity index (χ0n) is 22.7. The van der Waals surface area contributed by atoms with Gasteiger partial charge in [-0.15, -0.1) is 0 Å². The molecular formula is C29H45NO6. The number of esters is 1. The number of methoxy groups -OCH3 is 1. The van der Waals surface area contributed by atoms with E-state index in [4.69, 9.17) is 14.2 Å². The van der Waals surface area contributed by atoms with Crippen LogP contribution in [0.15, 0.2) is 36.0 Å². The lowest BCUT2D eigenvalue weighted by Gasteiger charge is -2.39. The van der Waals surface area contributed by atoms with E-state index in [0.29, 0.717) is 18.3 Å². The summed E-state index contributed by atoms with van der Waals surface area (Å²) < 4.78 is 17.2. The first-order chi connectivity index (χ1) is 17.0. The number of nitrogens with one attached hydrogen (secondary N) is 1. The second-order valence-electron chi connectivity index (χ2n) is 11.4. The molecule has 2 saturated heterocycles. The topological polar surface area (TPSA) is 94.1 Å². The van der Waals surface area contributed by atoms with Gasteiger partial charge >= 0.3 is 5.97 Å². The molecule has 7 atom stereocenters. The Kier molecular flexibility index (Phi) is 9.95. The Morgan fingerprint density at radius 1 is 1.19 bits per heavy atom.